The molecule has 0 aliphatic heterocycles. The van der Waals surface area contributed by atoms with Gasteiger partial charge >= 0.3 is 0 Å². The SMILES string of the molecule is CC=C=C[C@@](C)(O)C(C)=O. The second-order valence-corrected chi connectivity index (χ2v) is 2.30. The molecule has 2 heteroatoms. The van der Waals surface area contributed by atoms with Crippen LogP contribution in [-0.4, -0.2) is 16.5 Å². The van der Waals surface area contributed by atoms with Gasteiger partial charge in [-0.05, 0) is 32.9 Å². The van der Waals surface area contributed by atoms with Crippen LogP contribution in [0.1, 0.15) is 20.8 Å². The van der Waals surface area contributed by atoms with Crippen molar-refractivity contribution in [3.63, 3.8) is 0 Å². The van der Waals surface area contributed by atoms with Gasteiger partial charge in [0.15, 0.2) is 5.78 Å². The molecule has 0 saturated heterocycles. The van der Waals surface area contributed by atoms with Crippen LogP contribution in [0.4, 0.5) is 0 Å². The standard InChI is InChI=1S/C8H12O2/c1-4-5-6-8(3,10)7(2)9/h4,6,10H,1-3H3/t5?,8-/m1/s1. The van der Waals surface area contributed by atoms with Crippen LogP contribution < -0.4 is 0 Å². The first-order valence-electron chi connectivity index (χ1n) is 3.12. The number of carbonyl (C=O) groups is 1. The molecular weight excluding hydrogens is 128 g/mol. The van der Waals surface area contributed by atoms with E-state index < -0.39 is 5.60 Å². The minimum Gasteiger partial charge on any atom is -0.378 e. The fourth-order valence-corrected chi connectivity index (χ4v) is 0.347. The monoisotopic (exact) mass is 140 g/mol. The molecule has 0 spiro atoms. The molecule has 0 aliphatic rings. The fraction of sp³-hybridized carbons (Fsp3) is 0.500. The summed E-state index contributed by atoms with van der Waals surface area (Å²) in [5, 5.41) is 9.24. The van der Waals surface area contributed by atoms with Gasteiger partial charge in [-0.3, -0.25) is 4.79 Å². The van der Waals surface area contributed by atoms with E-state index in [0.717, 1.165) is 0 Å². The molecule has 0 aliphatic carbocycles. The second kappa shape index (κ2) is 3.35. The van der Waals surface area contributed by atoms with E-state index in [-0.39, 0.29) is 5.78 Å². The lowest BCUT2D eigenvalue weighted by Crippen LogP contribution is -2.29. The number of carbonyl (C=O) groups excluding carboxylic acids is 1. The maximum Gasteiger partial charge on any atom is 0.165 e. The van der Waals surface area contributed by atoms with Crippen LogP contribution in [0.3, 0.4) is 0 Å². The lowest BCUT2D eigenvalue weighted by atomic mass is 10.0. The van der Waals surface area contributed by atoms with Crippen LogP contribution in [0, 0.1) is 0 Å². The first-order valence-corrected chi connectivity index (χ1v) is 3.12. The fourth-order valence-electron chi connectivity index (χ4n) is 0.347. The van der Waals surface area contributed by atoms with Crippen LogP contribution >= 0.6 is 0 Å². The first-order chi connectivity index (χ1) is 4.50. The number of aliphatic hydroxyl groups is 1. The molecule has 10 heavy (non-hydrogen) atoms. The molecule has 0 aromatic rings. The minimum atomic E-state index is -1.35. The van der Waals surface area contributed by atoms with Gasteiger partial charge in [0, 0.05) is 0 Å². The Hall–Kier alpha value is -0.850. The van der Waals surface area contributed by atoms with Crippen molar-refractivity contribution >= 4 is 5.78 Å². The van der Waals surface area contributed by atoms with Crippen molar-refractivity contribution in [3.8, 4) is 0 Å². The summed E-state index contributed by atoms with van der Waals surface area (Å²) in [5.74, 6) is -0.276. The van der Waals surface area contributed by atoms with Gasteiger partial charge in [0.2, 0.25) is 0 Å². The summed E-state index contributed by atoms with van der Waals surface area (Å²) in [7, 11) is 0. The molecule has 0 aromatic heterocycles. The highest BCUT2D eigenvalue weighted by molar-refractivity contribution is 5.86. The van der Waals surface area contributed by atoms with E-state index in [0.29, 0.717) is 0 Å². The van der Waals surface area contributed by atoms with Gasteiger partial charge in [-0.25, -0.2) is 0 Å². The van der Waals surface area contributed by atoms with E-state index in [9.17, 15) is 9.90 Å². The van der Waals surface area contributed by atoms with E-state index in [1.165, 1.54) is 19.9 Å². The van der Waals surface area contributed by atoms with Gasteiger partial charge < -0.3 is 5.11 Å². The number of rotatable bonds is 2. The molecule has 0 rings (SSSR count). The summed E-state index contributed by atoms with van der Waals surface area (Å²) in [4.78, 5) is 10.6. The third-order valence-electron chi connectivity index (χ3n) is 1.24. The van der Waals surface area contributed by atoms with Crippen LogP contribution in [0.2, 0.25) is 0 Å². The van der Waals surface area contributed by atoms with Crippen molar-refractivity contribution in [2.75, 3.05) is 0 Å². The highest BCUT2D eigenvalue weighted by Crippen LogP contribution is 2.04. The Kier molecular flexibility index (Phi) is 3.07. The summed E-state index contributed by atoms with van der Waals surface area (Å²) < 4.78 is 0. The van der Waals surface area contributed by atoms with E-state index >= 15 is 0 Å². The minimum absolute atomic E-state index is 0.276. The maximum atomic E-state index is 10.6. The Morgan fingerprint density at radius 2 is 2.20 bits per heavy atom. The largest absolute Gasteiger partial charge is 0.378 e. The topological polar surface area (TPSA) is 37.3 Å². The Bertz CT molecular complexity index is 183. The predicted octanol–water partition coefficient (Wildman–Crippen LogP) is 1.06. The number of hydrogen-bond acceptors (Lipinski definition) is 2. The summed E-state index contributed by atoms with van der Waals surface area (Å²) in [6.45, 7) is 4.55. The van der Waals surface area contributed by atoms with Crippen molar-refractivity contribution < 1.29 is 9.90 Å². The Morgan fingerprint density at radius 3 is 2.50 bits per heavy atom. The second-order valence-electron chi connectivity index (χ2n) is 2.30. The average molecular weight is 140 g/mol. The number of ketones is 1. The Morgan fingerprint density at radius 1 is 1.70 bits per heavy atom. The number of hydrogen-bond donors (Lipinski definition) is 1. The van der Waals surface area contributed by atoms with E-state index in [1.54, 1.807) is 13.0 Å². The van der Waals surface area contributed by atoms with E-state index in [4.69, 9.17) is 0 Å². The van der Waals surface area contributed by atoms with Crippen molar-refractivity contribution in [3.05, 3.63) is 17.9 Å². The van der Waals surface area contributed by atoms with Crippen molar-refractivity contribution in [2.24, 2.45) is 0 Å². The van der Waals surface area contributed by atoms with E-state index in [1.807, 2.05) is 0 Å². The van der Waals surface area contributed by atoms with Crippen molar-refractivity contribution in [2.45, 2.75) is 26.4 Å². The average Bonchev–Trinajstić information content (AvgIpc) is 1.84. The molecule has 0 unspecified atom stereocenters. The maximum absolute atomic E-state index is 10.6. The van der Waals surface area contributed by atoms with Gasteiger partial charge in [0.1, 0.15) is 5.60 Å². The summed E-state index contributed by atoms with van der Waals surface area (Å²) >= 11 is 0. The smallest absolute Gasteiger partial charge is 0.165 e. The highest BCUT2D eigenvalue weighted by atomic mass is 16.3. The van der Waals surface area contributed by atoms with Gasteiger partial charge in [-0.1, -0.05) is 0 Å². The summed E-state index contributed by atoms with van der Waals surface area (Å²) in [6, 6.07) is 0. The molecule has 0 fully saturated rings. The van der Waals surface area contributed by atoms with Gasteiger partial charge in [0.25, 0.3) is 0 Å². The molecule has 0 bridgehead atoms. The quantitative estimate of drug-likeness (QED) is 0.582. The Balaban J connectivity index is 4.42. The normalized spacial score (nSPS) is 14.8. The lowest BCUT2D eigenvalue weighted by molar-refractivity contribution is -0.129. The molecule has 0 aromatic carbocycles. The zero-order valence-corrected chi connectivity index (χ0v) is 6.51. The van der Waals surface area contributed by atoms with E-state index in [2.05, 4.69) is 5.73 Å². The lowest BCUT2D eigenvalue weighted by Gasteiger charge is -2.11. The highest BCUT2D eigenvalue weighted by Gasteiger charge is 2.21. The number of Topliss-reactive ketones (excluding diaryl/α,β-unsaturated/α-hetero) is 1. The summed E-state index contributed by atoms with van der Waals surface area (Å²) in [5.41, 5.74) is 1.29. The third-order valence-corrected chi connectivity index (χ3v) is 1.24. The predicted molar refractivity (Wildman–Crippen MR) is 39.6 cm³/mol. The first kappa shape index (κ1) is 9.15. The molecule has 56 valence electrons. The molecule has 0 saturated carbocycles. The molecular formula is C8H12O2. The molecule has 1 N–H and O–H groups in total. The third kappa shape index (κ3) is 2.62. The van der Waals surface area contributed by atoms with Gasteiger partial charge in [-0.2, -0.15) is 0 Å². The molecule has 1 atom stereocenters. The van der Waals surface area contributed by atoms with Gasteiger partial charge in [0.05, 0.1) is 0 Å². The van der Waals surface area contributed by atoms with Crippen molar-refractivity contribution in [1.29, 1.82) is 0 Å². The molecule has 0 heterocycles. The Labute approximate surface area is 60.9 Å². The summed E-state index contributed by atoms with van der Waals surface area (Å²) in [6.07, 6.45) is 2.98. The zero-order valence-electron chi connectivity index (χ0n) is 6.51. The van der Waals surface area contributed by atoms with Crippen LogP contribution in [-0.2, 0) is 4.79 Å². The molecule has 2 nitrogen and oxygen atoms in total. The molecule has 0 amide bonds. The van der Waals surface area contributed by atoms with Crippen LogP contribution in [0.5, 0.6) is 0 Å². The zero-order chi connectivity index (χ0) is 8.20. The molecule has 0 radical (unpaired) electrons. The van der Waals surface area contributed by atoms with Crippen LogP contribution in [0.25, 0.3) is 0 Å². The van der Waals surface area contributed by atoms with Crippen molar-refractivity contribution in [1.82, 2.24) is 0 Å². The van der Waals surface area contributed by atoms with Gasteiger partial charge in [-0.15, -0.1) is 5.73 Å². The van der Waals surface area contributed by atoms with Crippen LogP contribution in [0.15, 0.2) is 17.9 Å².